The van der Waals surface area contributed by atoms with Crippen molar-refractivity contribution in [3.05, 3.63) is 29.8 Å². The number of amides is 1. The number of hydrogen-bond acceptors (Lipinski definition) is 7. The van der Waals surface area contributed by atoms with Gasteiger partial charge in [-0.15, -0.1) is 11.6 Å². The third-order valence-corrected chi connectivity index (χ3v) is 6.88. The first-order chi connectivity index (χ1) is 15.1. The molecule has 2 fully saturated rings. The standard InChI is InChI=1S/C22H34ClN7O/c1-14(20-18(23)6-3-9-25-20)27-22(31)16-4-2-5-17(12-16)26-13-19-28-21(30-29-19)15-7-10-24-11-8-15/h2,4-5,10,12,14-15,18-21,25-26,28-30H,3,6-9,11,13H2,1H3,(H,27,31)/t14-,15?,18?,19?,20?,21?/m1/s1. The minimum Gasteiger partial charge on any atom is -0.382 e. The van der Waals surface area contributed by atoms with E-state index in [2.05, 4.69) is 37.1 Å². The average Bonchev–Trinajstić information content (AvgIpc) is 3.28. The van der Waals surface area contributed by atoms with Crippen molar-refractivity contribution in [1.29, 1.82) is 0 Å². The summed E-state index contributed by atoms with van der Waals surface area (Å²) in [5, 5.41) is 13.6. The van der Waals surface area contributed by atoms with Crippen LogP contribution in [0.1, 0.15) is 43.0 Å². The minimum absolute atomic E-state index is 0.0355. The van der Waals surface area contributed by atoms with Crippen LogP contribution in [0, 0.1) is 5.92 Å². The lowest BCUT2D eigenvalue weighted by Gasteiger charge is -2.33. The number of piperidine rings is 1. The molecule has 1 amide bonds. The Balaban J connectivity index is 1.26. The van der Waals surface area contributed by atoms with Crippen molar-refractivity contribution in [3.8, 4) is 0 Å². The van der Waals surface area contributed by atoms with E-state index in [4.69, 9.17) is 11.6 Å². The molecule has 1 aromatic carbocycles. The van der Waals surface area contributed by atoms with Gasteiger partial charge in [-0.3, -0.25) is 15.1 Å². The molecule has 0 aliphatic carbocycles. The van der Waals surface area contributed by atoms with E-state index in [1.54, 1.807) is 0 Å². The molecule has 0 spiro atoms. The molecule has 8 nitrogen and oxygen atoms in total. The molecule has 170 valence electrons. The molecule has 1 aromatic rings. The number of anilines is 1. The summed E-state index contributed by atoms with van der Waals surface area (Å²) in [5.41, 5.74) is 8.23. The Morgan fingerprint density at radius 3 is 3.03 bits per heavy atom. The van der Waals surface area contributed by atoms with Crippen LogP contribution in [0.2, 0.25) is 0 Å². The largest absolute Gasteiger partial charge is 0.382 e. The van der Waals surface area contributed by atoms with Crippen LogP contribution in [-0.4, -0.2) is 61.5 Å². The first-order valence-electron chi connectivity index (χ1n) is 11.4. The van der Waals surface area contributed by atoms with Gasteiger partial charge in [-0.2, -0.15) is 0 Å². The highest BCUT2D eigenvalue weighted by Crippen LogP contribution is 2.19. The van der Waals surface area contributed by atoms with Gasteiger partial charge in [-0.1, -0.05) is 6.07 Å². The van der Waals surface area contributed by atoms with E-state index < -0.39 is 0 Å². The van der Waals surface area contributed by atoms with Gasteiger partial charge in [0.25, 0.3) is 5.91 Å². The zero-order valence-electron chi connectivity index (χ0n) is 18.0. The van der Waals surface area contributed by atoms with Crippen LogP contribution in [0.4, 0.5) is 5.69 Å². The number of nitrogens with one attached hydrogen (secondary N) is 6. The number of hydrogen-bond donors (Lipinski definition) is 6. The predicted molar refractivity (Wildman–Crippen MR) is 126 cm³/mol. The zero-order valence-corrected chi connectivity index (χ0v) is 18.8. The summed E-state index contributed by atoms with van der Waals surface area (Å²) in [6, 6.07) is 7.68. The second-order valence-corrected chi connectivity index (χ2v) is 9.28. The molecule has 6 N–H and O–H groups in total. The maximum Gasteiger partial charge on any atom is 0.251 e. The van der Waals surface area contributed by atoms with Crippen molar-refractivity contribution < 1.29 is 4.79 Å². The molecular formula is C22H34ClN7O. The predicted octanol–water partition coefficient (Wildman–Crippen LogP) is 1.41. The lowest BCUT2D eigenvalue weighted by Crippen LogP contribution is -2.55. The molecule has 0 radical (unpaired) electrons. The smallest absolute Gasteiger partial charge is 0.251 e. The summed E-state index contributed by atoms with van der Waals surface area (Å²) < 4.78 is 0. The van der Waals surface area contributed by atoms with Crippen molar-refractivity contribution in [2.45, 2.75) is 62.4 Å². The Morgan fingerprint density at radius 1 is 1.32 bits per heavy atom. The lowest BCUT2D eigenvalue weighted by atomic mass is 9.97. The number of rotatable bonds is 7. The third-order valence-electron chi connectivity index (χ3n) is 6.39. The molecule has 0 saturated carbocycles. The number of aliphatic imine (C=N–C) groups is 1. The zero-order chi connectivity index (χ0) is 21.6. The first kappa shape index (κ1) is 22.5. The van der Waals surface area contributed by atoms with Crippen LogP contribution in [0.25, 0.3) is 0 Å². The monoisotopic (exact) mass is 447 g/mol. The summed E-state index contributed by atoms with van der Waals surface area (Å²) >= 11 is 6.45. The Labute approximate surface area is 189 Å². The van der Waals surface area contributed by atoms with Crippen molar-refractivity contribution in [2.75, 3.05) is 25.0 Å². The van der Waals surface area contributed by atoms with Gasteiger partial charge in [0.1, 0.15) is 0 Å². The number of carbonyl (C=O) groups is 1. The Bertz CT molecular complexity index is 776. The van der Waals surface area contributed by atoms with Crippen LogP contribution in [-0.2, 0) is 0 Å². The highest BCUT2D eigenvalue weighted by atomic mass is 35.5. The Kier molecular flexibility index (Phi) is 7.79. The summed E-state index contributed by atoms with van der Waals surface area (Å²) in [6.45, 7) is 4.56. The van der Waals surface area contributed by atoms with Gasteiger partial charge in [-0.25, -0.2) is 10.9 Å². The average molecular weight is 448 g/mol. The van der Waals surface area contributed by atoms with E-state index in [0.29, 0.717) is 18.0 Å². The number of carbonyl (C=O) groups excluding carboxylic acids is 1. The minimum atomic E-state index is -0.0785. The molecule has 3 aliphatic rings. The van der Waals surface area contributed by atoms with Crippen molar-refractivity contribution in [2.24, 2.45) is 10.9 Å². The molecule has 2 saturated heterocycles. The number of hydrazine groups is 1. The number of benzene rings is 1. The summed E-state index contributed by atoms with van der Waals surface area (Å²) in [4.78, 5) is 17.1. The van der Waals surface area contributed by atoms with Crippen molar-refractivity contribution in [1.82, 2.24) is 26.8 Å². The van der Waals surface area contributed by atoms with Crippen molar-refractivity contribution in [3.63, 3.8) is 0 Å². The molecule has 6 atom stereocenters. The topological polar surface area (TPSA) is 102 Å². The molecule has 3 heterocycles. The SMILES string of the molecule is C[C@@H](NC(=O)c1cccc(NCC2NNC(C3CC=NCC3)N2)c1)C1NCCCC1Cl. The fourth-order valence-corrected chi connectivity index (χ4v) is 5.01. The molecular weight excluding hydrogens is 414 g/mol. The lowest BCUT2D eigenvalue weighted by molar-refractivity contribution is 0.0928. The molecule has 3 aliphatic heterocycles. The Hall–Kier alpha value is -1.71. The summed E-state index contributed by atoms with van der Waals surface area (Å²) in [5.74, 6) is 0.473. The van der Waals surface area contributed by atoms with Gasteiger partial charge in [0.05, 0.1) is 17.7 Å². The summed E-state index contributed by atoms with van der Waals surface area (Å²) in [6.07, 6.45) is 6.54. The van der Waals surface area contributed by atoms with Crippen molar-refractivity contribution >= 4 is 29.4 Å². The number of halogens is 1. The van der Waals surface area contributed by atoms with Gasteiger partial charge in [0.15, 0.2) is 0 Å². The maximum absolute atomic E-state index is 12.8. The van der Waals surface area contributed by atoms with E-state index in [0.717, 1.165) is 44.5 Å². The maximum atomic E-state index is 12.8. The highest BCUT2D eigenvalue weighted by molar-refractivity contribution is 6.21. The highest BCUT2D eigenvalue weighted by Gasteiger charge is 2.30. The van der Waals surface area contributed by atoms with E-state index >= 15 is 0 Å². The van der Waals surface area contributed by atoms with Crippen LogP contribution < -0.4 is 32.1 Å². The molecule has 31 heavy (non-hydrogen) atoms. The van der Waals surface area contributed by atoms with Crippen LogP contribution in [0.3, 0.4) is 0 Å². The van der Waals surface area contributed by atoms with E-state index in [1.807, 2.05) is 37.4 Å². The van der Waals surface area contributed by atoms with Gasteiger partial charge < -0.3 is 16.0 Å². The second kappa shape index (κ2) is 10.7. The van der Waals surface area contributed by atoms with E-state index in [1.165, 1.54) is 0 Å². The third kappa shape index (κ3) is 5.96. The van der Waals surface area contributed by atoms with E-state index in [9.17, 15) is 4.79 Å². The molecule has 4 rings (SSSR count). The fraction of sp³-hybridized carbons (Fsp3) is 0.636. The molecule has 5 unspecified atom stereocenters. The second-order valence-electron chi connectivity index (χ2n) is 8.72. The first-order valence-corrected chi connectivity index (χ1v) is 11.8. The van der Waals surface area contributed by atoms with E-state index in [-0.39, 0.29) is 35.7 Å². The van der Waals surface area contributed by atoms with Crippen LogP contribution >= 0.6 is 11.6 Å². The van der Waals surface area contributed by atoms with Crippen LogP contribution in [0.5, 0.6) is 0 Å². The fourth-order valence-electron chi connectivity index (χ4n) is 4.55. The number of nitrogens with zero attached hydrogens (tertiary/aromatic N) is 1. The van der Waals surface area contributed by atoms with Crippen LogP contribution in [0.15, 0.2) is 29.3 Å². The van der Waals surface area contributed by atoms with Gasteiger partial charge in [0.2, 0.25) is 0 Å². The molecule has 0 bridgehead atoms. The Morgan fingerprint density at radius 2 is 2.23 bits per heavy atom. The van der Waals surface area contributed by atoms with Gasteiger partial charge >= 0.3 is 0 Å². The normalized spacial score (nSPS) is 31.9. The molecule has 9 heteroatoms. The quantitative estimate of drug-likeness (QED) is 0.353. The van der Waals surface area contributed by atoms with Gasteiger partial charge in [-0.05, 0) is 69.5 Å². The van der Waals surface area contributed by atoms with Gasteiger partial charge in [0, 0.05) is 36.4 Å². The summed E-state index contributed by atoms with van der Waals surface area (Å²) in [7, 11) is 0. The molecule has 0 aromatic heterocycles. The number of alkyl halides is 1.